The molecule has 1 aromatic heterocycles. The number of hydrogen-bond donors (Lipinski definition) is 2. The summed E-state index contributed by atoms with van der Waals surface area (Å²) in [6, 6.07) is 6.51. The van der Waals surface area contributed by atoms with Gasteiger partial charge in [0.15, 0.2) is 5.03 Å². The fourth-order valence-corrected chi connectivity index (χ4v) is 3.57. The summed E-state index contributed by atoms with van der Waals surface area (Å²) in [5, 5.41) is 15.7. The van der Waals surface area contributed by atoms with E-state index in [1.54, 1.807) is 12.1 Å². The van der Waals surface area contributed by atoms with Crippen LogP contribution in [0.2, 0.25) is 0 Å². The van der Waals surface area contributed by atoms with Crippen molar-refractivity contribution < 1.29 is 13.5 Å². The van der Waals surface area contributed by atoms with E-state index >= 15 is 0 Å². The van der Waals surface area contributed by atoms with Crippen molar-refractivity contribution in [2.24, 2.45) is 0 Å². The quantitative estimate of drug-likeness (QED) is 0.853. The summed E-state index contributed by atoms with van der Waals surface area (Å²) in [5.41, 5.74) is 1.92. The van der Waals surface area contributed by atoms with Crippen LogP contribution in [0.15, 0.2) is 35.5 Å². The van der Waals surface area contributed by atoms with E-state index in [1.807, 2.05) is 6.07 Å². The third kappa shape index (κ3) is 2.11. The number of H-pyrrole nitrogens is 1. The number of fused-ring (bicyclic) bond motifs is 1. The Labute approximate surface area is 110 Å². The third-order valence-corrected chi connectivity index (χ3v) is 5.03. The molecule has 19 heavy (non-hydrogen) atoms. The Morgan fingerprint density at radius 2 is 2.11 bits per heavy atom. The smallest absolute Gasteiger partial charge is 0.260 e. The van der Waals surface area contributed by atoms with Gasteiger partial charge in [-0.2, -0.15) is 9.40 Å². The van der Waals surface area contributed by atoms with Crippen LogP contribution < -0.4 is 0 Å². The highest BCUT2D eigenvalue weighted by Crippen LogP contribution is 2.26. The van der Waals surface area contributed by atoms with E-state index in [1.165, 1.54) is 16.6 Å². The molecule has 0 saturated heterocycles. The maximum atomic E-state index is 12.3. The molecule has 2 aromatic rings. The Morgan fingerprint density at radius 1 is 1.26 bits per heavy atom. The normalized spacial score (nSPS) is 16.2. The van der Waals surface area contributed by atoms with Crippen LogP contribution in [-0.2, 0) is 23.0 Å². The SMILES string of the molecule is O=S(=O)(c1ccn[nH]1)N1CCc2ccc(O)cc2C1. The lowest BCUT2D eigenvalue weighted by molar-refractivity contribution is 0.387. The first kappa shape index (κ1) is 12.2. The molecule has 0 amide bonds. The average molecular weight is 279 g/mol. The zero-order valence-corrected chi connectivity index (χ0v) is 10.9. The predicted molar refractivity (Wildman–Crippen MR) is 68.0 cm³/mol. The number of phenols is 1. The fourth-order valence-electron chi connectivity index (χ4n) is 2.25. The van der Waals surface area contributed by atoms with Crippen molar-refractivity contribution in [3.05, 3.63) is 41.6 Å². The number of aromatic hydroxyl groups is 1. The van der Waals surface area contributed by atoms with Crippen LogP contribution in [0.5, 0.6) is 5.75 Å². The summed E-state index contributed by atoms with van der Waals surface area (Å²) in [5.74, 6) is 0.152. The Bertz CT molecular complexity index is 695. The molecule has 1 aromatic carbocycles. The summed E-state index contributed by atoms with van der Waals surface area (Å²) in [4.78, 5) is 0. The standard InChI is InChI=1S/C12H13N3O3S/c16-11-2-1-9-4-6-15(8-10(9)7-11)19(17,18)12-3-5-13-14-12/h1-3,5,7,16H,4,6,8H2,(H,13,14). The minimum Gasteiger partial charge on any atom is -0.508 e. The number of sulfonamides is 1. The maximum absolute atomic E-state index is 12.3. The van der Waals surface area contributed by atoms with Crippen LogP contribution in [0.4, 0.5) is 0 Å². The maximum Gasteiger partial charge on any atom is 0.260 e. The summed E-state index contributed by atoms with van der Waals surface area (Å²) in [6.45, 7) is 0.699. The van der Waals surface area contributed by atoms with E-state index in [0.29, 0.717) is 13.0 Å². The third-order valence-electron chi connectivity index (χ3n) is 3.26. The van der Waals surface area contributed by atoms with Crippen LogP contribution >= 0.6 is 0 Å². The molecule has 0 spiro atoms. The van der Waals surface area contributed by atoms with Gasteiger partial charge in [-0.1, -0.05) is 6.07 Å². The van der Waals surface area contributed by atoms with Gasteiger partial charge in [0.2, 0.25) is 0 Å². The number of nitrogens with one attached hydrogen (secondary N) is 1. The van der Waals surface area contributed by atoms with Gasteiger partial charge in [0, 0.05) is 13.1 Å². The van der Waals surface area contributed by atoms with Crippen molar-refractivity contribution in [1.82, 2.24) is 14.5 Å². The molecule has 2 heterocycles. The lowest BCUT2D eigenvalue weighted by Gasteiger charge is -2.27. The first-order valence-corrected chi connectivity index (χ1v) is 7.32. The van der Waals surface area contributed by atoms with Gasteiger partial charge < -0.3 is 5.11 Å². The molecule has 2 N–H and O–H groups in total. The van der Waals surface area contributed by atoms with Crippen molar-refractivity contribution in [3.8, 4) is 5.75 Å². The van der Waals surface area contributed by atoms with E-state index in [-0.39, 0.29) is 17.3 Å². The largest absolute Gasteiger partial charge is 0.508 e. The van der Waals surface area contributed by atoms with Gasteiger partial charge in [-0.05, 0) is 35.7 Å². The van der Waals surface area contributed by atoms with Crippen molar-refractivity contribution >= 4 is 10.0 Å². The highest BCUT2D eigenvalue weighted by molar-refractivity contribution is 7.89. The molecule has 0 radical (unpaired) electrons. The Balaban J connectivity index is 1.94. The molecule has 1 aliphatic heterocycles. The summed E-state index contributed by atoms with van der Waals surface area (Å²) < 4.78 is 26.1. The number of nitrogens with zero attached hydrogens (tertiary/aromatic N) is 2. The fraction of sp³-hybridized carbons (Fsp3) is 0.250. The zero-order chi connectivity index (χ0) is 13.5. The first-order chi connectivity index (χ1) is 9.07. The second-order valence-electron chi connectivity index (χ2n) is 4.46. The second-order valence-corrected chi connectivity index (χ2v) is 6.37. The minimum atomic E-state index is -3.54. The lowest BCUT2D eigenvalue weighted by atomic mass is 10.0. The van der Waals surface area contributed by atoms with Gasteiger partial charge >= 0.3 is 0 Å². The van der Waals surface area contributed by atoms with Gasteiger partial charge in [0.05, 0.1) is 6.20 Å². The van der Waals surface area contributed by atoms with E-state index in [4.69, 9.17) is 0 Å². The van der Waals surface area contributed by atoms with E-state index in [2.05, 4.69) is 10.2 Å². The molecule has 0 bridgehead atoms. The number of phenolic OH excluding ortho intramolecular Hbond substituents is 1. The molecule has 0 atom stereocenters. The number of benzene rings is 1. The Kier molecular flexibility index (Phi) is 2.79. The highest BCUT2D eigenvalue weighted by Gasteiger charge is 2.29. The van der Waals surface area contributed by atoms with E-state index in [0.717, 1.165) is 11.1 Å². The molecular weight excluding hydrogens is 266 g/mol. The number of aromatic nitrogens is 2. The van der Waals surface area contributed by atoms with Crippen molar-refractivity contribution in [1.29, 1.82) is 0 Å². The molecule has 7 heteroatoms. The molecule has 0 unspecified atom stereocenters. The Morgan fingerprint density at radius 3 is 2.84 bits per heavy atom. The molecule has 1 aliphatic rings. The van der Waals surface area contributed by atoms with E-state index < -0.39 is 10.0 Å². The minimum absolute atomic E-state index is 0.0936. The highest BCUT2D eigenvalue weighted by atomic mass is 32.2. The predicted octanol–water partition coefficient (Wildman–Crippen LogP) is 0.862. The van der Waals surface area contributed by atoms with Gasteiger partial charge in [-0.15, -0.1) is 0 Å². The first-order valence-electron chi connectivity index (χ1n) is 5.88. The molecule has 0 aliphatic carbocycles. The molecule has 3 rings (SSSR count). The molecule has 100 valence electrons. The van der Waals surface area contributed by atoms with Gasteiger partial charge in [0.25, 0.3) is 10.0 Å². The van der Waals surface area contributed by atoms with Gasteiger partial charge in [-0.3, -0.25) is 5.10 Å². The number of rotatable bonds is 2. The molecule has 6 nitrogen and oxygen atoms in total. The van der Waals surface area contributed by atoms with Gasteiger partial charge in [-0.25, -0.2) is 8.42 Å². The van der Waals surface area contributed by atoms with Crippen LogP contribution in [0.25, 0.3) is 0 Å². The van der Waals surface area contributed by atoms with Gasteiger partial charge in [0.1, 0.15) is 5.75 Å². The molecule has 0 saturated carbocycles. The summed E-state index contributed by atoms with van der Waals surface area (Å²) in [7, 11) is -3.54. The zero-order valence-electron chi connectivity index (χ0n) is 10.1. The van der Waals surface area contributed by atoms with Crippen LogP contribution in [0.3, 0.4) is 0 Å². The van der Waals surface area contributed by atoms with Crippen molar-refractivity contribution in [3.63, 3.8) is 0 Å². The second kappa shape index (κ2) is 4.36. The average Bonchev–Trinajstić information content (AvgIpc) is 2.92. The summed E-state index contributed by atoms with van der Waals surface area (Å²) >= 11 is 0. The Hall–Kier alpha value is -1.86. The lowest BCUT2D eigenvalue weighted by Crippen LogP contribution is -2.36. The number of aromatic amines is 1. The van der Waals surface area contributed by atoms with E-state index in [9.17, 15) is 13.5 Å². The van der Waals surface area contributed by atoms with Crippen LogP contribution in [0, 0.1) is 0 Å². The summed E-state index contributed by atoms with van der Waals surface area (Å²) in [6.07, 6.45) is 2.06. The van der Waals surface area contributed by atoms with Crippen LogP contribution in [0.1, 0.15) is 11.1 Å². The van der Waals surface area contributed by atoms with Crippen LogP contribution in [-0.4, -0.2) is 34.6 Å². The van der Waals surface area contributed by atoms with Crippen molar-refractivity contribution in [2.75, 3.05) is 6.54 Å². The molecule has 0 fully saturated rings. The monoisotopic (exact) mass is 279 g/mol. The topological polar surface area (TPSA) is 86.3 Å². The van der Waals surface area contributed by atoms with Crippen molar-refractivity contribution in [2.45, 2.75) is 18.0 Å². The number of hydrogen-bond acceptors (Lipinski definition) is 4. The molecular formula is C12H13N3O3S.